The molecule has 0 aliphatic carbocycles. The molecule has 0 fully saturated rings. The van der Waals surface area contributed by atoms with Gasteiger partial charge in [0.15, 0.2) is 0 Å². The number of nitrogens with one attached hydrogen (secondary N) is 1. The molecule has 142 valence electrons. The maximum Gasteiger partial charge on any atom is 0.307 e. The third kappa shape index (κ3) is 4.70. The van der Waals surface area contributed by atoms with E-state index in [1.807, 2.05) is 0 Å². The zero-order valence-corrected chi connectivity index (χ0v) is 15.1. The molecule has 0 radical (unpaired) electrons. The fourth-order valence-corrected chi connectivity index (χ4v) is 2.77. The molecule has 2 aromatic carbocycles. The molecule has 1 heterocycles. The van der Waals surface area contributed by atoms with E-state index in [1.165, 1.54) is 18.2 Å². The van der Waals surface area contributed by atoms with Gasteiger partial charge in [-0.2, -0.15) is 5.10 Å². The third-order valence-corrected chi connectivity index (χ3v) is 4.08. The lowest BCUT2D eigenvalue weighted by Gasteiger charge is -2.05. The number of hydrogen-bond acceptors (Lipinski definition) is 3. The minimum atomic E-state index is -0.909. The lowest BCUT2D eigenvalue weighted by atomic mass is 10.1. The van der Waals surface area contributed by atoms with Crippen LogP contribution in [-0.2, 0) is 23.1 Å². The fourth-order valence-electron chi connectivity index (χ4n) is 2.77. The van der Waals surface area contributed by atoms with Gasteiger partial charge in [-0.15, -0.1) is 0 Å². The molecule has 2 N–H and O–H groups in total. The predicted molar refractivity (Wildman–Crippen MR) is 104 cm³/mol. The van der Waals surface area contributed by atoms with E-state index < -0.39 is 5.97 Å². The highest BCUT2D eigenvalue weighted by Crippen LogP contribution is 2.24. The molecule has 1 amide bonds. The van der Waals surface area contributed by atoms with Crippen LogP contribution >= 0.6 is 0 Å². The maximum absolute atomic E-state index is 13.2. The number of aryl methyl sites for hydroxylation is 1. The highest BCUT2D eigenvalue weighted by Gasteiger charge is 2.09. The van der Waals surface area contributed by atoms with E-state index in [4.69, 9.17) is 5.11 Å². The Balaban J connectivity index is 1.71. The summed E-state index contributed by atoms with van der Waals surface area (Å²) in [5, 5.41) is 15.7. The van der Waals surface area contributed by atoms with Gasteiger partial charge < -0.3 is 10.4 Å². The fraction of sp³-hybridized carbons (Fsp3) is 0.0952. The highest BCUT2D eigenvalue weighted by molar-refractivity contribution is 6.02. The predicted octanol–water partition coefficient (Wildman–Crippen LogP) is 3.51. The van der Waals surface area contributed by atoms with Crippen molar-refractivity contribution in [1.82, 2.24) is 9.78 Å². The second-order valence-corrected chi connectivity index (χ2v) is 6.17. The minimum absolute atomic E-state index is 0.0682. The summed E-state index contributed by atoms with van der Waals surface area (Å²) in [6.45, 7) is 0. The first-order chi connectivity index (χ1) is 13.4. The Labute approximate surface area is 160 Å². The summed E-state index contributed by atoms with van der Waals surface area (Å²) in [7, 11) is 1.77. The van der Waals surface area contributed by atoms with Crippen LogP contribution in [0.15, 0.2) is 60.8 Å². The van der Waals surface area contributed by atoms with Gasteiger partial charge in [0.1, 0.15) is 5.82 Å². The quantitative estimate of drug-likeness (QED) is 0.642. The summed E-state index contributed by atoms with van der Waals surface area (Å²) >= 11 is 0. The van der Waals surface area contributed by atoms with E-state index in [2.05, 4.69) is 10.4 Å². The number of benzene rings is 2. The van der Waals surface area contributed by atoms with E-state index >= 15 is 0 Å². The van der Waals surface area contributed by atoms with Crippen LogP contribution in [0.3, 0.4) is 0 Å². The monoisotopic (exact) mass is 379 g/mol. The Kier molecular flexibility index (Phi) is 5.64. The van der Waals surface area contributed by atoms with Crippen molar-refractivity contribution in [3.05, 3.63) is 77.7 Å². The molecule has 28 heavy (non-hydrogen) atoms. The zero-order chi connectivity index (χ0) is 20.1. The van der Waals surface area contributed by atoms with Crippen molar-refractivity contribution in [3.8, 4) is 11.3 Å². The van der Waals surface area contributed by atoms with Gasteiger partial charge in [-0.25, -0.2) is 4.39 Å². The number of carboxylic acids is 1. The van der Waals surface area contributed by atoms with Gasteiger partial charge in [-0.3, -0.25) is 14.3 Å². The topological polar surface area (TPSA) is 84.2 Å². The number of hydrogen-bond donors (Lipinski definition) is 2. The number of anilines is 1. The maximum atomic E-state index is 13.2. The first-order valence-corrected chi connectivity index (χ1v) is 8.50. The summed E-state index contributed by atoms with van der Waals surface area (Å²) < 4.78 is 14.8. The average Bonchev–Trinajstić information content (AvgIpc) is 3.02. The van der Waals surface area contributed by atoms with E-state index in [1.54, 1.807) is 60.4 Å². The number of aromatic nitrogens is 2. The first kappa shape index (κ1) is 19.0. The van der Waals surface area contributed by atoms with Gasteiger partial charge in [-0.1, -0.05) is 12.1 Å². The number of carbonyl (C=O) groups excluding carboxylic acids is 1. The van der Waals surface area contributed by atoms with Crippen LogP contribution in [0.25, 0.3) is 17.3 Å². The Bertz CT molecular complexity index is 1020. The van der Waals surface area contributed by atoms with E-state index in [0.29, 0.717) is 11.3 Å². The Morgan fingerprint density at radius 1 is 1.14 bits per heavy atom. The molecule has 0 saturated carbocycles. The Morgan fingerprint density at radius 3 is 2.46 bits per heavy atom. The lowest BCUT2D eigenvalue weighted by Crippen LogP contribution is -2.08. The summed E-state index contributed by atoms with van der Waals surface area (Å²) in [6.07, 6.45) is 4.58. The minimum Gasteiger partial charge on any atom is -0.481 e. The second kappa shape index (κ2) is 8.30. The molecule has 3 aromatic rings. The van der Waals surface area contributed by atoms with Gasteiger partial charge in [0.25, 0.3) is 0 Å². The van der Waals surface area contributed by atoms with Crippen molar-refractivity contribution < 1.29 is 19.1 Å². The number of halogens is 1. The molecule has 0 saturated heterocycles. The zero-order valence-electron chi connectivity index (χ0n) is 15.1. The summed E-state index contributed by atoms with van der Waals surface area (Å²) in [5.41, 5.74) is 3.49. The van der Waals surface area contributed by atoms with Gasteiger partial charge >= 0.3 is 5.97 Å². The number of aliphatic carboxylic acids is 1. The molecule has 0 unspecified atom stereocenters. The summed E-state index contributed by atoms with van der Waals surface area (Å²) in [4.78, 5) is 22.9. The van der Waals surface area contributed by atoms with Gasteiger partial charge in [0, 0.05) is 29.9 Å². The molecule has 0 aliphatic rings. The van der Waals surface area contributed by atoms with Crippen LogP contribution in [0.5, 0.6) is 0 Å². The number of carboxylic acid groups (broad SMARTS) is 1. The van der Waals surface area contributed by atoms with Crippen molar-refractivity contribution in [2.45, 2.75) is 6.42 Å². The van der Waals surface area contributed by atoms with Gasteiger partial charge in [-0.05, 0) is 48.0 Å². The summed E-state index contributed by atoms with van der Waals surface area (Å²) in [6, 6.07) is 12.7. The first-order valence-electron chi connectivity index (χ1n) is 8.50. The summed E-state index contributed by atoms with van der Waals surface area (Å²) in [5.74, 6) is -1.56. The largest absolute Gasteiger partial charge is 0.481 e. The molecule has 0 bridgehead atoms. The number of carbonyl (C=O) groups is 2. The molecular weight excluding hydrogens is 361 g/mol. The smallest absolute Gasteiger partial charge is 0.307 e. The molecule has 0 spiro atoms. The normalized spacial score (nSPS) is 10.9. The molecule has 6 nitrogen and oxygen atoms in total. The van der Waals surface area contributed by atoms with Crippen molar-refractivity contribution in [3.63, 3.8) is 0 Å². The van der Waals surface area contributed by atoms with Crippen LogP contribution in [0.2, 0.25) is 0 Å². The van der Waals surface area contributed by atoms with Crippen molar-refractivity contribution in [2.75, 3.05) is 5.32 Å². The van der Waals surface area contributed by atoms with Crippen molar-refractivity contribution in [2.24, 2.45) is 7.05 Å². The standard InChI is InChI=1S/C21H18FN3O3/c1-25-21(15-4-7-17(22)8-5-15)16(13-23-25)6-11-19(26)24-18-9-2-14(3-10-18)12-20(27)28/h2-11,13H,12H2,1H3,(H,24,26)(H,27,28)/b11-6+. The van der Waals surface area contributed by atoms with Crippen LogP contribution in [-0.4, -0.2) is 26.8 Å². The molecule has 0 aliphatic heterocycles. The molecule has 1 aromatic heterocycles. The molecule has 7 heteroatoms. The number of nitrogens with zero attached hydrogens (tertiary/aromatic N) is 2. The van der Waals surface area contributed by atoms with Crippen molar-refractivity contribution in [1.29, 1.82) is 0 Å². The third-order valence-electron chi connectivity index (χ3n) is 4.08. The molecule has 0 atom stereocenters. The van der Waals surface area contributed by atoms with Crippen LogP contribution in [0.4, 0.5) is 10.1 Å². The SMILES string of the molecule is Cn1ncc(/C=C/C(=O)Nc2ccc(CC(=O)O)cc2)c1-c1ccc(F)cc1. The highest BCUT2D eigenvalue weighted by atomic mass is 19.1. The average molecular weight is 379 g/mol. The van der Waals surface area contributed by atoms with E-state index in [9.17, 15) is 14.0 Å². The second-order valence-electron chi connectivity index (χ2n) is 6.17. The molecule has 3 rings (SSSR count). The number of amides is 1. The molecular formula is C21H18FN3O3. The Hall–Kier alpha value is -3.74. The Morgan fingerprint density at radius 2 is 1.82 bits per heavy atom. The van der Waals surface area contributed by atoms with Crippen LogP contribution < -0.4 is 5.32 Å². The van der Waals surface area contributed by atoms with Crippen LogP contribution in [0, 0.1) is 5.82 Å². The number of rotatable bonds is 6. The van der Waals surface area contributed by atoms with Crippen molar-refractivity contribution >= 4 is 23.6 Å². The lowest BCUT2D eigenvalue weighted by molar-refractivity contribution is -0.136. The van der Waals surface area contributed by atoms with E-state index in [0.717, 1.165) is 16.8 Å². The van der Waals surface area contributed by atoms with Crippen LogP contribution in [0.1, 0.15) is 11.1 Å². The van der Waals surface area contributed by atoms with Gasteiger partial charge in [0.05, 0.1) is 18.3 Å². The van der Waals surface area contributed by atoms with Gasteiger partial charge in [0.2, 0.25) is 5.91 Å². The van der Waals surface area contributed by atoms with E-state index in [-0.39, 0.29) is 18.1 Å².